The molecule has 0 radical (unpaired) electrons. The van der Waals surface area contributed by atoms with Crippen molar-refractivity contribution in [1.82, 2.24) is 14.7 Å². The van der Waals surface area contributed by atoms with E-state index >= 15 is 0 Å². The molecule has 0 fully saturated rings. The summed E-state index contributed by atoms with van der Waals surface area (Å²) >= 11 is 0. The highest BCUT2D eigenvalue weighted by atomic mass is 19.4. The molecule has 0 unspecified atom stereocenters. The number of aromatic nitrogens is 2. The molecule has 0 saturated heterocycles. The molecule has 1 amide bonds. The quantitative estimate of drug-likeness (QED) is 0.665. The van der Waals surface area contributed by atoms with Crippen molar-refractivity contribution in [2.45, 2.75) is 52.4 Å². The minimum Gasteiger partial charge on any atom is -0.462 e. The molecular formula is C21H24F3N3O4. The number of alkyl halides is 3. The first-order chi connectivity index (χ1) is 14.4. The average Bonchev–Trinajstić information content (AvgIpc) is 3.11. The van der Waals surface area contributed by atoms with Gasteiger partial charge in [0.2, 0.25) is 0 Å². The van der Waals surface area contributed by atoms with Crippen molar-refractivity contribution in [2.24, 2.45) is 0 Å². The summed E-state index contributed by atoms with van der Waals surface area (Å²) < 4.78 is 52.4. The molecule has 0 N–H and O–H groups in total. The Hall–Kier alpha value is -3.04. The molecule has 1 aromatic heterocycles. The van der Waals surface area contributed by atoms with Gasteiger partial charge in [0.15, 0.2) is 5.69 Å². The van der Waals surface area contributed by atoms with Crippen LogP contribution in [0, 0.1) is 0 Å². The van der Waals surface area contributed by atoms with Gasteiger partial charge >= 0.3 is 18.2 Å². The van der Waals surface area contributed by atoms with Gasteiger partial charge in [-0.25, -0.2) is 14.3 Å². The number of rotatable bonds is 3. The van der Waals surface area contributed by atoms with Crippen LogP contribution >= 0.6 is 0 Å². The minimum absolute atomic E-state index is 0.0530. The van der Waals surface area contributed by atoms with Gasteiger partial charge in [0.1, 0.15) is 11.2 Å². The second-order valence-corrected chi connectivity index (χ2v) is 8.10. The number of hydrogen-bond acceptors (Lipinski definition) is 5. The van der Waals surface area contributed by atoms with E-state index < -0.39 is 35.1 Å². The van der Waals surface area contributed by atoms with Gasteiger partial charge in [-0.3, -0.25) is 0 Å². The van der Waals surface area contributed by atoms with Crippen LogP contribution in [0.3, 0.4) is 0 Å². The highest BCUT2D eigenvalue weighted by molar-refractivity contribution is 5.90. The van der Waals surface area contributed by atoms with Gasteiger partial charge in [0, 0.05) is 13.1 Å². The highest BCUT2D eigenvalue weighted by Gasteiger charge is 2.41. The van der Waals surface area contributed by atoms with Crippen LogP contribution in [0.1, 0.15) is 54.9 Å². The van der Waals surface area contributed by atoms with Crippen molar-refractivity contribution in [1.29, 1.82) is 0 Å². The van der Waals surface area contributed by atoms with Gasteiger partial charge in [0.25, 0.3) is 0 Å². The highest BCUT2D eigenvalue weighted by Crippen LogP contribution is 2.36. The number of amides is 1. The summed E-state index contributed by atoms with van der Waals surface area (Å²) in [6, 6.07) is 4.86. The normalized spacial score (nSPS) is 14.2. The molecule has 1 aromatic carbocycles. The lowest BCUT2D eigenvalue weighted by Gasteiger charge is -2.32. The van der Waals surface area contributed by atoms with Gasteiger partial charge in [0.05, 0.1) is 18.5 Å². The smallest absolute Gasteiger partial charge is 0.434 e. The second kappa shape index (κ2) is 8.24. The molecule has 1 aliphatic heterocycles. The summed E-state index contributed by atoms with van der Waals surface area (Å²) in [4.78, 5) is 25.9. The molecule has 2 heterocycles. The van der Waals surface area contributed by atoms with E-state index in [1.165, 1.54) is 17.9 Å². The van der Waals surface area contributed by atoms with Crippen LogP contribution in [0.5, 0.6) is 0 Å². The van der Waals surface area contributed by atoms with Crippen LogP contribution in [0.15, 0.2) is 24.4 Å². The topological polar surface area (TPSA) is 73.7 Å². The summed E-state index contributed by atoms with van der Waals surface area (Å²) in [5.41, 5.74) is -0.946. The number of esters is 1. The zero-order valence-corrected chi connectivity index (χ0v) is 17.7. The van der Waals surface area contributed by atoms with Gasteiger partial charge < -0.3 is 14.4 Å². The third-order valence-electron chi connectivity index (χ3n) is 4.65. The zero-order valence-electron chi connectivity index (χ0n) is 17.7. The summed E-state index contributed by atoms with van der Waals surface area (Å²) in [6.45, 7) is 7.23. The van der Waals surface area contributed by atoms with Crippen molar-refractivity contribution >= 4 is 12.1 Å². The molecule has 168 valence electrons. The Labute approximate surface area is 177 Å². The lowest BCUT2D eigenvalue weighted by Crippen LogP contribution is -2.40. The Morgan fingerprint density at radius 2 is 1.90 bits per heavy atom. The Kier molecular flexibility index (Phi) is 6.02. The van der Waals surface area contributed by atoms with E-state index in [1.54, 1.807) is 32.9 Å². The van der Waals surface area contributed by atoms with Crippen LogP contribution in [-0.4, -0.2) is 45.5 Å². The number of halogens is 3. The monoisotopic (exact) mass is 439 g/mol. The van der Waals surface area contributed by atoms with E-state index in [0.29, 0.717) is 17.5 Å². The molecule has 3 rings (SSSR count). The second-order valence-electron chi connectivity index (χ2n) is 8.10. The first kappa shape index (κ1) is 22.6. The van der Waals surface area contributed by atoms with Gasteiger partial charge in [-0.15, -0.1) is 0 Å². The number of carbonyl (C=O) groups excluding carboxylic acids is 2. The van der Waals surface area contributed by atoms with E-state index in [9.17, 15) is 22.8 Å². The predicted octanol–water partition coefficient (Wildman–Crippen LogP) is 4.36. The standard InChI is InChI=1S/C21H24F3N3O4/c1-5-30-18(28)15-11-25-27(17(15)21(22,23)24)16-8-6-7-13-12-26(10-9-14(13)16)19(29)31-20(2,3)4/h6-8,11H,5,9-10,12H2,1-4H3. The maximum atomic E-state index is 13.8. The molecule has 1 aliphatic rings. The van der Waals surface area contributed by atoms with Crippen molar-refractivity contribution in [3.05, 3.63) is 46.8 Å². The fourth-order valence-electron chi connectivity index (χ4n) is 3.43. The average molecular weight is 439 g/mol. The molecule has 0 spiro atoms. The number of nitrogens with zero attached hydrogens (tertiary/aromatic N) is 3. The molecule has 0 saturated carbocycles. The van der Waals surface area contributed by atoms with Crippen molar-refractivity contribution < 1.29 is 32.2 Å². The molecular weight excluding hydrogens is 415 g/mol. The van der Waals surface area contributed by atoms with Crippen LogP contribution in [0.4, 0.5) is 18.0 Å². The van der Waals surface area contributed by atoms with Crippen molar-refractivity contribution in [2.75, 3.05) is 13.2 Å². The fraction of sp³-hybridized carbons (Fsp3) is 0.476. The largest absolute Gasteiger partial charge is 0.462 e. The molecule has 0 atom stereocenters. The Bertz CT molecular complexity index is 993. The molecule has 0 aliphatic carbocycles. The summed E-state index contributed by atoms with van der Waals surface area (Å²) in [7, 11) is 0. The minimum atomic E-state index is -4.82. The molecule has 0 bridgehead atoms. The van der Waals surface area contributed by atoms with Gasteiger partial charge in [-0.1, -0.05) is 12.1 Å². The van der Waals surface area contributed by atoms with Gasteiger partial charge in [-0.05, 0) is 51.3 Å². The van der Waals surface area contributed by atoms with Crippen LogP contribution in [0.25, 0.3) is 5.69 Å². The lowest BCUT2D eigenvalue weighted by molar-refractivity contribution is -0.143. The van der Waals surface area contributed by atoms with Crippen molar-refractivity contribution in [3.8, 4) is 5.69 Å². The van der Waals surface area contributed by atoms with Crippen LogP contribution < -0.4 is 0 Å². The van der Waals surface area contributed by atoms with Gasteiger partial charge in [-0.2, -0.15) is 18.3 Å². The molecule has 31 heavy (non-hydrogen) atoms. The third kappa shape index (κ3) is 4.83. The number of ether oxygens (including phenoxy) is 2. The lowest BCUT2D eigenvalue weighted by atomic mass is 9.98. The number of carbonyl (C=O) groups is 2. The van der Waals surface area contributed by atoms with E-state index in [0.717, 1.165) is 10.9 Å². The van der Waals surface area contributed by atoms with E-state index in [2.05, 4.69) is 5.10 Å². The molecule has 7 nitrogen and oxygen atoms in total. The Morgan fingerprint density at radius 1 is 1.19 bits per heavy atom. The number of fused-ring (bicyclic) bond motifs is 1. The Morgan fingerprint density at radius 3 is 2.52 bits per heavy atom. The first-order valence-corrected chi connectivity index (χ1v) is 9.83. The summed E-state index contributed by atoms with van der Waals surface area (Å²) in [6.07, 6.45) is -4.12. The van der Waals surface area contributed by atoms with Crippen LogP contribution in [-0.2, 0) is 28.6 Å². The number of hydrogen-bond donors (Lipinski definition) is 0. The fourth-order valence-corrected chi connectivity index (χ4v) is 3.43. The Balaban J connectivity index is 2.00. The van der Waals surface area contributed by atoms with E-state index in [4.69, 9.17) is 9.47 Å². The van der Waals surface area contributed by atoms with E-state index in [1.807, 2.05) is 0 Å². The van der Waals surface area contributed by atoms with Crippen LogP contribution in [0.2, 0.25) is 0 Å². The maximum Gasteiger partial charge on any atom is 0.434 e. The van der Waals surface area contributed by atoms with Crippen molar-refractivity contribution in [3.63, 3.8) is 0 Å². The molecule has 10 heteroatoms. The summed E-state index contributed by atoms with van der Waals surface area (Å²) in [5, 5.41) is 3.86. The summed E-state index contributed by atoms with van der Waals surface area (Å²) in [5.74, 6) is -1.08. The first-order valence-electron chi connectivity index (χ1n) is 9.83. The zero-order chi connectivity index (χ0) is 23.0. The third-order valence-corrected chi connectivity index (χ3v) is 4.65. The number of benzene rings is 1. The SMILES string of the molecule is CCOC(=O)c1cnn(-c2cccc3c2CCN(C(=O)OC(C)(C)C)C3)c1C(F)(F)F. The van der Waals surface area contributed by atoms with E-state index in [-0.39, 0.29) is 25.4 Å². The maximum absolute atomic E-state index is 13.8. The molecule has 2 aromatic rings. The predicted molar refractivity (Wildman–Crippen MR) is 105 cm³/mol.